The van der Waals surface area contributed by atoms with Gasteiger partial charge in [-0.1, -0.05) is 18.2 Å². The van der Waals surface area contributed by atoms with E-state index in [4.69, 9.17) is 5.73 Å². The molecule has 2 aromatic rings. The van der Waals surface area contributed by atoms with Gasteiger partial charge in [0.1, 0.15) is 11.6 Å². The minimum atomic E-state index is -4.69. The first-order valence-electron chi connectivity index (χ1n) is 5.67. The van der Waals surface area contributed by atoms with Crippen LogP contribution in [0.5, 0.6) is 0 Å². The number of nitrogens with two attached hydrogens (primary N) is 1. The summed E-state index contributed by atoms with van der Waals surface area (Å²) in [7, 11) is 0. The standard InChI is InChI=1S/C14H10F5N/c15-8-5-6-11(14(17,18)19)10(7-8)13(20)9-3-1-2-4-12(9)16/h1-7,13H,20H2. The van der Waals surface area contributed by atoms with Crippen LogP contribution in [0.15, 0.2) is 42.5 Å². The Kier molecular flexibility index (Phi) is 3.76. The summed E-state index contributed by atoms with van der Waals surface area (Å²) in [4.78, 5) is 0. The Morgan fingerprint density at radius 3 is 2.15 bits per heavy atom. The fraction of sp³-hybridized carbons (Fsp3) is 0.143. The molecule has 0 heterocycles. The van der Waals surface area contributed by atoms with Crippen molar-refractivity contribution in [2.75, 3.05) is 0 Å². The zero-order chi connectivity index (χ0) is 14.9. The number of alkyl halides is 3. The van der Waals surface area contributed by atoms with Crippen LogP contribution in [0.1, 0.15) is 22.7 Å². The molecule has 6 heteroatoms. The smallest absolute Gasteiger partial charge is 0.320 e. The van der Waals surface area contributed by atoms with Crippen LogP contribution in [0, 0.1) is 11.6 Å². The molecular weight excluding hydrogens is 277 g/mol. The van der Waals surface area contributed by atoms with Crippen molar-refractivity contribution in [1.82, 2.24) is 0 Å². The molecule has 0 fully saturated rings. The Labute approximate surface area is 111 Å². The molecule has 2 N–H and O–H groups in total. The predicted octanol–water partition coefficient (Wildman–Crippen LogP) is 4.03. The summed E-state index contributed by atoms with van der Waals surface area (Å²) in [6.45, 7) is 0. The second-order valence-corrected chi connectivity index (χ2v) is 4.23. The monoisotopic (exact) mass is 287 g/mol. The Hall–Kier alpha value is -1.95. The van der Waals surface area contributed by atoms with E-state index in [1.807, 2.05) is 0 Å². The fourth-order valence-corrected chi connectivity index (χ4v) is 1.94. The Morgan fingerprint density at radius 2 is 1.55 bits per heavy atom. The van der Waals surface area contributed by atoms with Gasteiger partial charge in [0.25, 0.3) is 0 Å². The van der Waals surface area contributed by atoms with Crippen molar-refractivity contribution >= 4 is 0 Å². The first kappa shape index (κ1) is 14.5. The minimum absolute atomic E-state index is 0.122. The number of rotatable bonds is 2. The number of halogens is 5. The molecule has 0 aliphatic rings. The van der Waals surface area contributed by atoms with Crippen LogP contribution in [0.2, 0.25) is 0 Å². The maximum absolute atomic E-state index is 13.6. The van der Waals surface area contributed by atoms with Gasteiger partial charge >= 0.3 is 6.18 Å². The molecule has 0 aliphatic carbocycles. The molecule has 0 saturated heterocycles. The molecule has 0 spiro atoms. The topological polar surface area (TPSA) is 26.0 Å². The van der Waals surface area contributed by atoms with Gasteiger partial charge < -0.3 is 5.73 Å². The van der Waals surface area contributed by atoms with E-state index in [9.17, 15) is 22.0 Å². The quantitative estimate of drug-likeness (QED) is 0.829. The summed E-state index contributed by atoms with van der Waals surface area (Å²) < 4.78 is 65.4. The van der Waals surface area contributed by atoms with Gasteiger partial charge in [-0.25, -0.2) is 8.78 Å². The lowest BCUT2D eigenvalue weighted by Crippen LogP contribution is -2.19. The van der Waals surface area contributed by atoms with Crippen molar-refractivity contribution in [3.8, 4) is 0 Å². The molecule has 2 aromatic carbocycles. The summed E-state index contributed by atoms with van der Waals surface area (Å²) >= 11 is 0. The maximum atomic E-state index is 13.6. The van der Waals surface area contributed by atoms with Crippen molar-refractivity contribution in [2.45, 2.75) is 12.2 Å². The van der Waals surface area contributed by atoms with Gasteiger partial charge in [-0.2, -0.15) is 13.2 Å². The average Bonchev–Trinajstić information content (AvgIpc) is 2.37. The van der Waals surface area contributed by atoms with Gasteiger partial charge in [0.05, 0.1) is 11.6 Å². The van der Waals surface area contributed by atoms with E-state index in [-0.39, 0.29) is 5.56 Å². The van der Waals surface area contributed by atoms with Gasteiger partial charge in [-0.15, -0.1) is 0 Å². The van der Waals surface area contributed by atoms with Crippen LogP contribution in [0.3, 0.4) is 0 Å². The minimum Gasteiger partial charge on any atom is -0.320 e. The van der Waals surface area contributed by atoms with Gasteiger partial charge in [0.15, 0.2) is 0 Å². The second-order valence-electron chi connectivity index (χ2n) is 4.23. The third-order valence-corrected chi connectivity index (χ3v) is 2.89. The van der Waals surface area contributed by atoms with Crippen LogP contribution in [-0.4, -0.2) is 0 Å². The van der Waals surface area contributed by atoms with E-state index in [0.717, 1.165) is 6.07 Å². The summed E-state index contributed by atoms with van der Waals surface area (Å²) in [5.74, 6) is -1.60. The largest absolute Gasteiger partial charge is 0.416 e. The summed E-state index contributed by atoms with van der Waals surface area (Å²) in [6, 6.07) is 5.77. The van der Waals surface area contributed by atoms with Gasteiger partial charge in [0, 0.05) is 5.56 Å². The highest BCUT2D eigenvalue weighted by atomic mass is 19.4. The third kappa shape index (κ3) is 2.80. The lowest BCUT2D eigenvalue weighted by molar-refractivity contribution is -0.138. The van der Waals surface area contributed by atoms with E-state index in [2.05, 4.69) is 0 Å². The molecule has 0 bridgehead atoms. The van der Waals surface area contributed by atoms with Crippen molar-refractivity contribution in [3.63, 3.8) is 0 Å². The highest BCUT2D eigenvalue weighted by molar-refractivity contribution is 5.39. The molecule has 1 atom stereocenters. The lowest BCUT2D eigenvalue weighted by Gasteiger charge is -2.19. The van der Waals surface area contributed by atoms with Crippen molar-refractivity contribution in [1.29, 1.82) is 0 Å². The highest BCUT2D eigenvalue weighted by Gasteiger charge is 2.35. The molecule has 20 heavy (non-hydrogen) atoms. The Bertz CT molecular complexity index is 621. The molecule has 2 rings (SSSR count). The summed E-state index contributed by atoms with van der Waals surface area (Å²) in [5.41, 5.74) is 3.98. The molecule has 1 nitrogen and oxygen atoms in total. The molecular formula is C14H10F5N. The molecule has 0 aliphatic heterocycles. The van der Waals surface area contributed by atoms with Crippen LogP contribution in [-0.2, 0) is 6.18 Å². The van der Waals surface area contributed by atoms with Crippen molar-refractivity contribution < 1.29 is 22.0 Å². The summed E-state index contributed by atoms with van der Waals surface area (Å²) in [6.07, 6.45) is -4.69. The number of hydrogen-bond acceptors (Lipinski definition) is 1. The fourth-order valence-electron chi connectivity index (χ4n) is 1.94. The van der Waals surface area contributed by atoms with E-state index < -0.39 is 35.0 Å². The first-order valence-corrected chi connectivity index (χ1v) is 5.67. The van der Waals surface area contributed by atoms with Gasteiger partial charge in [-0.3, -0.25) is 0 Å². The summed E-state index contributed by atoms with van der Waals surface area (Å²) in [5, 5.41) is 0. The van der Waals surface area contributed by atoms with Crippen LogP contribution in [0.25, 0.3) is 0 Å². The van der Waals surface area contributed by atoms with Crippen LogP contribution in [0.4, 0.5) is 22.0 Å². The van der Waals surface area contributed by atoms with E-state index in [1.165, 1.54) is 18.2 Å². The first-order chi connectivity index (χ1) is 9.30. The molecule has 0 aromatic heterocycles. The van der Waals surface area contributed by atoms with E-state index >= 15 is 0 Å². The zero-order valence-corrected chi connectivity index (χ0v) is 10.1. The average molecular weight is 287 g/mol. The lowest BCUT2D eigenvalue weighted by atomic mass is 9.94. The number of benzene rings is 2. The normalized spacial score (nSPS) is 13.3. The molecule has 0 saturated carbocycles. The van der Waals surface area contributed by atoms with E-state index in [0.29, 0.717) is 18.2 Å². The Balaban J connectivity index is 2.57. The van der Waals surface area contributed by atoms with E-state index in [1.54, 1.807) is 0 Å². The molecule has 1 unspecified atom stereocenters. The maximum Gasteiger partial charge on any atom is 0.416 e. The molecule has 0 radical (unpaired) electrons. The van der Waals surface area contributed by atoms with Crippen LogP contribution < -0.4 is 5.73 Å². The highest BCUT2D eigenvalue weighted by Crippen LogP contribution is 2.36. The SMILES string of the molecule is NC(c1ccccc1F)c1cc(F)ccc1C(F)(F)F. The van der Waals surface area contributed by atoms with Gasteiger partial charge in [0.2, 0.25) is 0 Å². The van der Waals surface area contributed by atoms with Crippen LogP contribution >= 0.6 is 0 Å². The molecule has 106 valence electrons. The Morgan fingerprint density at radius 1 is 0.900 bits per heavy atom. The zero-order valence-electron chi connectivity index (χ0n) is 10.1. The molecule has 0 amide bonds. The number of hydrogen-bond donors (Lipinski definition) is 1. The van der Waals surface area contributed by atoms with Crippen molar-refractivity contribution in [3.05, 3.63) is 70.8 Å². The predicted molar refractivity (Wildman–Crippen MR) is 63.8 cm³/mol. The third-order valence-electron chi connectivity index (χ3n) is 2.89. The second kappa shape index (κ2) is 5.20. The van der Waals surface area contributed by atoms with Crippen molar-refractivity contribution in [2.24, 2.45) is 5.73 Å². The van der Waals surface area contributed by atoms with Gasteiger partial charge in [-0.05, 0) is 29.8 Å².